The second kappa shape index (κ2) is 9.34. The fraction of sp³-hybridized carbons (Fsp3) is 0.0909. The van der Waals surface area contributed by atoms with Gasteiger partial charge < -0.3 is 11.1 Å². The van der Waals surface area contributed by atoms with Crippen molar-refractivity contribution in [2.24, 2.45) is 0 Å². The summed E-state index contributed by atoms with van der Waals surface area (Å²) in [5.74, 6) is -2.97. The lowest BCUT2D eigenvalue weighted by atomic mass is 9.96. The summed E-state index contributed by atoms with van der Waals surface area (Å²) in [5, 5.41) is 9.26. The van der Waals surface area contributed by atoms with Crippen LogP contribution < -0.4 is 11.1 Å². The molecular formula is C22H14ClF4N7O2. The molecule has 0 aliphatic heterocycles. The number of carbonyl (C=O) groups excluding carboxylic acids is 2. The maximum Gasteiger partial charge on any atom is 0.420 e. The number of hydrogen-bond acceptors (Lipinski definition) is 7. The summed E-state index contributed by atoms with van der Waals surface area (Å²) in [6.07, 6.45) is 0.911. The molecule has 0 aliphatic rings. The van der Waals surface area contributed by atoms with Crippen molar-refractivity contribution >= 4 is 34.7 Å². The summed E-state index contributed by atoms with van der Waals surface area (Å²) in [4.78, 5) is 32.9. The molecule has 0 atom stereocenters. The van der Waals surface area contributed by atoms with E-state index in [1.807, 2.05) is 0 Å². The van der Waals surface area contributed by atoms with E-state index in [0.29, 0.717) is 10.9 Å². The number of nitrogens with zero attached hydrogens (tertiary/aromatic N) is 5. The van der Waals surface area contributed by atoms with E-state index in [-0.39, 0.29) is 38.7 Å². The van der Waals surface area contributed by atoms with Crippen molar-refractivity contribution in [2.45, 2.75) is 13.1 Å². The lowest BCUT2D eigenvalue weighted by Gasteiger charge is -2.15. The van der Waals surface area contributed by atoms with E-state index in [2.05, 4.69) is 25.5 Å². The van der Waals surface area contributed by atoms with Gasteiger partial charge in [-0.1, -0.05) is 11.6 Å². The van der Waals surface area contributed by atoms with Crippen LogP contribution in [0.25, 0.3) is 16.9 Å². The number of hydrogen-bond donors (Lipinski definition) is 2. The number of benzene rings is 1. The molecule has 4 aromatic rings. The molecule has 0 radical (unpaired) electrons. The Labute approximate surface area is 204 Å². The van der Waals surface area contributed by atoms with Crippen LogP contribution >= 0.6 is 11.6 Å². The number of carbonyl (C=O) groups is 2. The van der Waals surface area contributed by atoms with Crippen molar-refractivity contribution in [1.29, 1.82) is 0 Å². The van der Waals surface area contributed by atoms with E-state index in [0.717, 1.165) is 18.3 Å². The minimum atomic E-state index is -4.85. The molecule has 4 rings (SSSR count). The van der Waals surface area contributed by atoms with Crippen molar-refractivity contribution in [2.75, 3.05) is 11.1 Å². The molecule has 0 fully saturated rings. The van der Waals surface area contributed by atoms with E-state index >= 15 is 4.39 Å². The zero-order valence-electron chi connectivity index (χ0n) is 18.1. The van der Waals surface area contributed by atoms with Crippen molar-refractivity contribution in [3.63, 3.8) is 0 Å². The highest BCUT2D eigenvalue weighted by Crippen LogP contribution is 2.36. The number of rotatable bonds is 5. The number of pyridine rings is 2. The van der Waals surface area contributed by atoms with Crippen LogP contribution in [0.3, 0.4) is 0 Å². The van der Waals surface area contributed by atoms with Crippen LogP contribution in [0.4, 0.5) is 28.9 Å². The third-order valence-corrected chi connectivity index (χ3v) is 5.28. The van der Waals surface area contributed by atoms with Gasteiger partial charge in [0.15, 0.2) is 11.6 Å². The van der Waals surface area contributed by atoms with Crippen LogP contribution in [0, 0.1) is 5.82 Å². The van der Waals surface area contributed by atoms with Gasteiger partial charge in [-0.05, 0) is 25.1 Å². The van der Waals surface area contributed by atoms with Crippen LogP contribution in [0.5, 0.6) is 0 Å². The zero-order chi connectivity index (χ0) is 26.2. The normalized spacial score (nSPS) is 11.4. The molecule has 0 spiro atoms. The molecule has 0 aliphatic carbocycles. The topological polar surface area (TPSA) is 129 Å². The number of nitrogen functional groups attached to an aromatic ring is 1. The Morgan fingerprint density at radius 1 is 1.06 bits per heavy atom. The standard InChI is InChI=1S/C22H14ClF4N7O2/c1-10(35)14-8-29-9-18(28)19(14)13-5-16(23)12(6-17(13)24)21(36)33-11-4-15(22(25,26)27)20(30-7-11)34-31-2-3-32-34/h2-9H,28H2,1H3,(H,33,36). The molecule has 184 valence electrons. The van der Waals surface area contributed by atoms with E-state index in [1.54, 1.807) is 0 Å². The Bertz CT molecular complexity index is 1490. The number of anilines is 2. The summed E-state index contributed by atoms with van der Waals surface area (Å²) in [6, 6.07) is 2.52. The Balaban J connectivity index is 1.70. The largest absolute Gasteiger partial charge is 0.420 e. The number of Topliss-reactive ketones (excluding diaryl/α,β-unsaturated/α-hetero) is 1. The monoisotopic (exact) mass is 519 g/mol. The first kappa shape index (κ1) is 24.7. The van der Waals surface area contributed by atoms with Gasteiger partial charge in [0, 0.05) is 22.9 Å². The highest BCUT2D eigenvalue weighted by Gasteiger charge is 2.36. The third-order valence-electron chi connectivity index (χ3n) is 4.96. The van der Waals surface area contributed by atoms with E-state index < -0.39 is 35.1 Å². The molecule has 9 nitrogen and oxygen atoms in total. The molecular weight excluding hydrogens is 506 g/mol. The zero-order valence-corrected chi connectivity index (χ0v) is 18.9. The van der Waals surface area contributed by atoms with Gasteiger partial charge in [-0.25, -0.2) is 9.37 Å². The first-order valence-electron chi connectivity index (χ1n) is 9.96. The van der Waals surface area contributed by atoms with Gasteiger partial charge in [-0.15, -0.1) is 4.80 Å². The molecule has 3 heterocycles. The molecule has 0 bridgehead atoms. The lowest BCUT2D eigenvalue weighted by molar-refractivity contribution is -0.137. The molecule has 0 saturated heterocycles. The molecule has 3 N–H and O–H groups in total. The molecule has 1 aromatic carbocycles. The quantitative estimate of drug-likeness (QED) is 0.292. The Kier molecular flexibility index (Phi) is 6.41. The number of alkyl halides is 3. The summed E-state index contributed by atoms with van der Waals surface area (Å²) < 4.78 is 55.8. The molecule has 0 unspecified atom stereocenters. The van der Waals surface area contributed by atoms with Gasteiger partial charge in [0.2, 0.25) is 0 Å². The summed E-state index contributed by atoms with van der Waals surface area (Å²) in [6.45, 7) is 1.25. The summed E-state index contributed by atoms with van der Waals surface area (Å²) >= 11 is 6.21. The number of nitrogens with one attached hydrogen (secondary N) is 1. The van der Waals surface area contributed by atoms with E-state index in [1.165, 1.54) is 31.7 Å². The SMILES string of the molecule is CC(=O)c1cncc(N)c1-c1cc(Cl)c(C(=O)Nc2cnc(-n3nccn3)c(C(F)(F)F)c2)cc1F. The second-order valence-corrected chi connectivity index (χ2v) is 7.79. The minimum Gasteiger partial charge on any atom is -0.397 e. The average molecular weight is 520 g/mol. The predicted molar refractivity (Wildman–Crippen MR) is 121 cm³/mol. The third kappa shape index (κ3) is 4.73. The van der Waals surface area contributed by atoms with Crippen LogP contribution in [-0.4, -0.2) is 36.7 Å². The average Bonchev–Trinajstić information content (AvgIpc) is 3.34. The molecule has 14 heteroatoms. The van der Waals surface area contributed by atoms with Crippen LogP contribution in [0.15, 0.2) is 49.2 Å². The smallest absolute Gasteiger partial charge is 0.397 e. The number of ketones is 1. The maximum absolute atomic E-state index is 15.1. The summed E-state index contributed by atoms with van der Waals surface area (Å²) in [7, 11) is 0. The van der Waals surface area contributed by atoms with Gasteiger partial charge in [-0.3, -0.25) is 14.6 Å². The second-order valence-electron chi connectivity index (χ2n) is 7.38. The van der Waals surface area contributed by atoms with Crippen LogP contribution in [0.2, 0.25) is 5.02 Å². The first-order valence-corrected chi connectivity index (χ1v) is 10.3. The fourth-order valence-electron chi connectivity index (χ4n) is 3.37. The van der Waals surface area contributed by atoms with Crippen molar-refractivity contribution in [1.82, 2.24) is 25.0 Å². The Hall–Kier alpha value is -4.39. The van der Waals surface area contributed by atoms with Gasteiger partial charge in [0.05, 0.1) is 46.7 Å². The van der Waals surface area contributed by atoms with E-state index in [4.69, 9.17) is 17.3 Å². The van der Waals surface area contributed by atoms with E-state index in [9.17, 15) is 22.8 Å². The van der Waals surface area contributed by atoms with Gasteiger partial charge in [-0.2, -0.15) is 23.4 Å². The molecule has 3 aromatic heterocycles. The number of nitrogens with two attached hydrogens (primary N) is 1. The molecule has 1 amide bonds. The van der Waals surface area contributed by atoms with Crippen molar-refractivity contribution in [3.8, 4) is 16.9 Å². The fourth-order valence-corrected chi connectivity index (χ4v) is 3.62. The predicted octanol–water partition coefficient (Wildman–Crippen LogP) is 4.57. The lowest BCUT2D eigenvalue weighted by Crippen LogP contribution is -2.17. The maximum atomic E-state index is 15.1. The van der Waals surface area contributed by atoms with Crippen LogP contribution in [0.1, 0.15) is 33.2 Å². The van der Waals surface area contributed by atoms with Gasteiger partial charge in [0.25, 0.3) is 5.91 Å². The molecule has 36 heavy (non-hydrogen) atoms. The number of aromatic nitrogens is 5. The highest BCUT2D eigenvalue weighted by atomic mass is 35.5. The summed E-state index contributed by atoms with van der Waals surface area (Å²) in [5.41, 5.74) is 3.91. The van der Waals surface area contributed by atoms with Gasteiger partial charge >= 0.3 is 6.18 Å². The minimum absolute atomic E-state index is 0.00684. The molecule has 0 saturated carbocycles. The number of halogens is 5. The van der Waals surface area contributed by atoms with Gasteiger partial charge in [0.1, 0.15) is 11.4 Å². The Morgan fingerprint density at radius 2 is 1.75 bits per heavy atom. The Morgan fingerprint density at radius 3 is 2.39 bits per heavy atom. The number of amides is 1. The van der Waals surface area contributed by atoms with Crippen molar-refractivity contribution in [3.05, 3.63) is 76.7 Å². The van der Waals surface area contributed by atoms with Crippen molar-refractivity contribution < 1.29 is 27.2 Å². The first-order chi connectivity index (χ1) is 17.0. The van der Waals surface area contributed by atoms with Crippen LogP contribution in [-0.2, 0) is 6.18 Å². The highest BCUT2D eigenvalue weighted by molar-refractivity contribution is 6.34.